The summed E-state index contributed by atoms with van der Waals surface area (Å²) in [5.41, 5.74) is 7.43. The van der Waals surface area contributed by atoms with Crippen molar-refractivity contribution >= 4 is 0 Å². The van der Waals surface area contributed by atoms with Crippen LogP contribution in [0.5, 0.6) is 0 Å². The monoisotopic (exact) mass is 248 g/mol. The normalized spacial score (nSPS) is 18.7. The van der Waals surface area contributed by atoms with Gasteiger partial charge >= 0.3 is 0 Å². The Hall–Kier alpha value is -2.08. The van der Waals surface area contributed by atoms with Crippen LogP contribution in [0.25, 0.3) is 0 Å². The van der Waals surface area contributed by atoms with Crippen molar-refractivity contribution in [3.05, 3.63) is 96.2 Å². The van der Waals surface area contributed by atoms with Gasteiger partial charge in [0.15, 0.2) is 0 Å². The molecule has 0 radical (unpaired) electrons. The second-order valence-corrected chi connectivity index (χ2v) is 4.73. The quantitative estimate of drug-likeness (QED) is 0.453. The van der Waals surface area contributed by atoms with Crippen molar-refractivity contribution in [1.29, 1.82) is 0 Å². The van der Waals surface area contributed by atoms with E-state index in [0.717, 1.165) is 24.8 Å². The van der Waals surface area contributed by atoms with E-state index >= 15 is 0 Å². The number of rotatable bonds is 5. The van der Waals surface area contributed by atoms with E-state index in [0.29, 0.717) is 0 Å². The molecule has 0 spiro atoms. The van der Waals surface area contributed by atoms with Gasteiger partial charge in [-0.2, -0.15) is 0 Å². The maximum Gasteiger partial charge on any atom is -0.00732 e. The second kappa shape index (κ2) is 5.71. The summed E-state index contributed by atoms with van der Waals surface area (Å²) in [6, 6.07) is 0. The highest BCUT2D eigenvalue weighted by Gasteiger charge is 2.27. The van der Waals surface area contributed by atoms with Gasteiger partial charge in [-0.1, -0.05) is 56.2 Å². The zero-order valence-corrected chi connectivity index (χ0v) is 11.4. The Morgan fingerprint density at radius 1 is 1.26 bits per heavy atom. The number of hydrogen-bond acceptors (Lipinski definition) is 0. The highest BCUT2D eigenvalue weighted by molar-refractivity contribution is 5.74. The molecule has 0 aromatic carbocycles. The minimum Gasteiger partial charge on any atom is -0.103 e. The van der Waals surface area contributed by atoms with Gasteiger partial charge in [-0.05, 0) is 52.7 Å². The third-order valence-electron chi connectivity index (χ3n) is 3.60. The van der Waals surface area contributed by atoms with Gasteiger partial charge in [-0.25, -0.2) is 0 Å². The van der Waals surface area contributed by atoms with E-state index in [2.05, 4.69) is 38.5 Å². The van der Waals surface area contributed by atoms with Crippen LogP contribution < -0.4 is 0 Å². The first-order valence-electron chi connectivity index (χ1n) is 6.63. The lowest BCUT2D eigenvalue weighted by Crippen LogP contribution is -1.94. The van der Waals surface area contributed by atoms with Crippen LogP contribution in [-0.2, 0) is 0 Å². The van der Waals surface area contributed by atoms with E-state index in [4.69, 9.17) is 0 Å². The predicted molar refractivity (Wildman–Crippen MR) is 84.9 cm³/mol. The van der Waals surface area contributed by atoms with E-state index < -0.39 is 0 Å². The molecule has 0 heteroatoms. The first-order chi connectivity index (χ1) is 9.24. The average Bonchev–Trinajstić information content (AvgIpc) is 2.72. The van der Waals surface area contributed by atoms with Crippen LogP contribution in [0, 0.1) is 0 Å². The van der Waals surface area contributed by atoms with Gasteiger partial charge in [0.05, 0.1) is 0 Å². The molecule has 0 aromatic heterocycles. The molecule has 96 valence electrons. The first kappa shape index (κ1) is 13.4. The van der Waals surface area contributed by atoms with Crippen LogP contribution >= 0.6 is 0 Å². The summed E-state index contributed by atoms with van der Waals surface area (Å²) in [6.45, 7) is 15.9. The van der Waals surface area contributed by atoms with Crippen molar-refractivity contribution in [3.63, 3.8) is 0 Å². The highest BCUT2D eigenvalue weighted by Crippen LogP contribution is 2.45. The van der Waals surface area contributed by atoms with E-state index in [-0.39, 0.29) is 0 Å². The van der Waals surface area contributed by atoms with Gasteiger partial charge in [-0.3, -0.25) is 0 Å². The number of allylic oxidation sites excluding steroid dienone is 12. The molecule has 0 bridgehead atoms. The average molecular weight is 248 g/mol. The van der Waals surface area contributed by atoms with E-state index in [1.165, 1.54) is 27.9 Å². The lowest BCUT2D eigenvalue weighted by molar-refractivity contribution is 0.971. The minimum atomic E-state index is 0.821. The zero-order chi connectivity index (χ0) is 13.8. The van der Waals surface area contributed by atoms with Crippen LogP contribution in [0.3, 0.4) is 0 Å². The molecule has 0 aliphatic heterocycles. The summed E-state index contributed by atoms with van der Waals surface area (Å²) in [5, 5.41) is 0. The summed E-state index contributed by atoms with van der Waals surface area (Å²) in [6.07, 6.45) is 15.2. The molecule has 2 aliphatic carbocycles. The summed E-state index contributed by atoms with van der Waals surface area (Å²) < 4.78 is 0. The fraction of sp³-hybridized carbons (Fsp3) is 0.158. The van der Waals surface area contributed by atoms with Gasteiger partial charge in [0, 0.05) is 0 Å². The Labute approximate surface area is 116 Å². The first-order valence-corrected chi connectivity index (χ1v) is 6.63. The third kappa shape index (κ3) is 2.26. The molecule has 2 rings (SSSR count). The maximum atomic E-state index is 4.30. The molecular formula is C19H20. The molecule has 2 aliphatic rings. The summed E-state index contributed by atoms with van der Waals surface area (Å²) in [5.74, 6) is 0. The van der Waals surface area contributed by atoms with Crippen molar-refractivity contribution in [2.24, 2.45) is 0 Å². The molecule has 0 atom stereocenters. The topological polar surface area (TPSA) is 0 Å². The number of hydrogen-bond donors (Lipinski definition) is 0. The van der Waals surface area contributed by atoms with Gasteiger partial charge in [0.1, 0.15) is 0 Å². The van der Waals surface area contributed by atoms with Crippen molar-refractivity contribution < 1.29 is 0 Å². The van der Waals surface area contributed by atoms with E-state index in [1.807, 2.05) is 24.3 Å². The maximum absolute atomic E-state index is 4.30. The van der Waals surface area contributed by atoms with Gasteiger partial charge < -0.3 is 0 Å². The smallest absolute Gasteiger partial charge is 0.00732 e. The Morgan fingerprint density at radius 2 is 2.05 bits per heavy atom. The molecule has 0 nitrogen and oxygen atoms in total. The molecule has 0 saturated heterocycles. The fourth-order valence-electron chi connectivity index (χ4n) is 2.81. The summed E-state index contributed by atoms with van der Waals surface area (Å²) >= 11 is 0. The molecule has 0 heterocycles. The van der Waals surface area contributed by atoms with Crippen LogP contribution in [-0.4, -0.2) is 0 Å². The molecule has 0 aromatic rings. The van der Waals surface area contributed by atoms with Gasteiger partial charge in [0.25, 0.3) is 0 Å². The lowest BCUT2D eigenvalue weighted by Gasteiger charge is -2.12. The highest BCUT2D eigenvalue weighted by atomic mass is 14.3. The molecule has 0 saturated carbocycles. The Bertz CT molecular complexity index is 571. The summed E-state index contributed by atoms with van der Waals surface area (Å²) in [4.78, 5) is 0. The molecule has 0 unspecified atom stereocenters. The van der Waals surface area contributed by atoms with Crippen molar-refractivity contribution in [2.75, 3.05) is 0 Å². The van der Waals surface area contributed by atoms with Crippen LogP contribution in [0.1, 0.15) is 19.3 Å². The molecule has 0 fully saturated rings. The molecule has 0 N–H and O–H groups in total. The van der Waals surface area contributed by atoms with E-state index in [9.17, 15) is 0 Å². The SMILES string of the molecule is C=C/C=C(/CC=C)C1=C(C=C)C2=C(CCC=C2)C1=C. The summed E-state index contributed by atoms with van der Waals surface area (Å²) in [7, 11) is 0. The fourth-order valence-corrected chi connectivity index (χ4v) is 2.81. The molecule has 19 heavy (non-hydrogen) atoms. The Kier molecular flexibility index (Phi) is 4.01. The van der Waals surface area contributed by atoms with Crippen molar-refractivity contribution in [2.45, 2.75) is 19.3 Å². The molecule has 0 amide bonds. The minimum absolute atomic E-state index is 0.821. The predicted octanol–water partition coefficient (Wildman–Crippen LogP) is 5.37. The Morgan fingerprint density at radius 3 is 2.68 bits per heavy atom. The van der Waals surface area contributed by atoms with Crippen LogP contribution in [0.15, 0.2) is 96.2 Å². The molecular weight excluding hydrogens is 228 g/mol. The van der Waals surface area contributed by atoms with Crippen LogP contribution in [0.2, 0.25) is 0 Å². The van der Waals surface area contributed by atoms with Crippen molar-refractivity contribution in [3.8, 4) is 0 Å². The van der Waals surface area contributed by atoms with E-state index in [1.54, 1.807) is 0 Å². The second-order valence-electron chi connectivity index (χ2n) is 4.73. The zero-order valence-electron chi connectivity index (χ0n) is 11.4. The standard InChI is InChI=1S/C19H20/c1-5-10-15(11-6-2)19-14(4)17-12-8-9-13-18(17)16(19)7-3/h5-7,9-10,13H,1-4,8,11-12H2/b15-10-. The largest absolute Gasteiger partial charge is 0.103 e. The van der Waals surface area contributed by atoms with Gasteiger partial charge in [-0.15, -0.1) is 6.58 Å². The lowest BCUT2D eigenvalue weighted by atomic mass is 9.92. The third-order valence-corrected chi connectivity index (χ3v) is 3.60. The van der Waals surface area contributed by atoms with Gasteiger partial charge in [0.2, 0.25) is 0 Å². The van der Waals surface area contributed by atoms with Crippen molar-refractivity contribution in [1.82, 2.24) is 0 Å². The Balaban J connectivity index is 2.56. The van der Waals surface area contributed by atoms with Crippen LogP contribution in [0.4, 0.5) is 0 Å².